The number of likely N-dealkylation sites (N-methyl/N-ethyl adjacent to an activating group) is 1. The molecule has 0 unspecified atom stereocenters. The Morgan fingerprint density at radius 3 is 2.56 bits per heavy atom. The third kappa shape index (κ3) is 3.14. The van der Waals surface area contributed by atoms with E-state index in [0.29, 0.717) is 0 Å². The first kappa shape index (κ1) is 12.8. The molecule has 0 spiro atoms. The van der Waals surface area contributed by atoms with Crippen LogP contribution >= 0.6 is 0 Å². The van der Waals surface area contributed by atoms with Crippen molar-refractivity contribution < 1.29 is 9.47 Å². The average molecular weight is 222 g/mol. The molecule has 0 N–H and O–H groups in total. The van der Waals surface area contributed by atoms with Crippen molar-refractivity contribution in [3.63, 3.8) is 0 Å². The lowest BCUT2D eigenvalue weighted by atomic mass is 10.1. The largest absolute Gasteiger partial charge is 0.493 e. The molecule has 0 heterocycles. The van der Waals surface area contributed by atoms with Gasteiger partial charge in [0.2, 0.25) is 0 Å². The van der Waals surface area contributed by atoms with E-state index in [2.05, 4.69) is 24.9 Å². The highest BCUT2D eigenvalue weighted by atomic mass is 16.5. The molecule has 16 heavy (non-hydrogen) atoms. The van der Waals surface area contributed by atoms with Crippen molar-refractivity contribution in [1.82, 2.24) is 4.90 Å². The third-order valence-corrected chi connectivity index (χ3v) is 2.63. The van der Waals surface area contributed by atoms with Crippen LogP contribution in [0.25, 0.3) is 0 Å². The highest BCUT2D eigenvalue weighted by molar-refractivity contribution is 5.46. The van der Waals surface area contributed by atoms with Crippen molar-refractivity contribution in [2.75, 3.05) is 34.4 Å². The Kier molecular flexibility index (Phi) is 5.12. The fraction of sp³-hybridized carbons (Fsp3) is 0.462. The highest BCUT2D eigenvalue weighted by Gasteiger charge is 2.09. The average Bonchev–Trinajstić information content (AvgIpc) is 2.34. The summed E-state index contributed by atoms with van der Waals surface area (Å²) in [6.45, 7) is 5.62. The topological polar surface area (TPSA) is 21.7 Å². The van der Waals surface area contributed by atoms with Gasteiger partial charge in [0, 0.05) is 6.54 Å². The second-order valence-electron chi connectivity index (χ2n) is 3.71. The highest BCUT2D eigenvalue weighted by Crippen LogP contribution is 2.30. The van der Waals surface area contributed by atoms with Crippen molar-refractivity contribution >= 4 is 0 Å². The summed E-state index contributed by atoms with van der Waals surface area (Å²) in [4.78, 5) is 2.17. The smallest absolute Gasteiger partial charge is 0.163 e. The van der Waals surface area contributed by atoms with E-state index in [1.165, 1.54) is 5.56 Å². The molecule has 0 aliphatic carbocycles. The number of hydrogen-bond donors (Lipinski definition) is 0. The van der Waals surface area contributed by atoms with Crippen LogP contribution in [-0.4, -0.2) is 39.3 Å². The normalized spacial score (nSPS) is 10.6. The van der Waals surface area contributed by atoms with E-state index >= 15 is 0 Å². The molecule has 3 heteroatoms. The van der Waals surface area contributed by atoms with E-state index in [9.17, 15) is 0 Å². The number of rotatable bonds is 6. The zero-order valence-corrected chi connectivity index (χ0v) is 10.3. The Hall–Kier alpha value is -1.22. The van der Waals surface area contributed by atoms with E-state index in [1.807, 2.05) is 12.1 Å². The molecule has 1 aromatic carbocycles. The van der Waals surface area contributed by atoms with Gasteiger partial charge in [0.1, 0.15) is 0 Å². The van der Waals surface area contributed by atoms with Crippen LogP contribution in [0, 0.1) is 6.92 Å². The predicted molar refractivity (Wildman–Crippen MR) is 66.1 cm³/mol. The monoisotopic (exact) mass is 222 g/mol. The van der Waals surface area contributed by atoms with Gasteiger partial charge < -0.3 is 14.4 Å². The molecule has 1 radical (unpaired) electrons. The molecule has 0 aliphatic rings. The SMILES string of the molecule is [CH2]CN(C)CCc1cccc(OC)c1OC. The van der Waals surface area contributed by atoms with Crippen LogP contribution in [0.3, 0.4) is 0 Å². The first-order valence-electron chi connectivity index (χ1n) is 5.40. The quantitative estimate of drug-likeness (QED) is 0.735. The summed E-state index contributed by atoms with van der Waals surface area (Å²) in [5.74, 6) is 1.62. The maximum Gasteiger partial charge on any atom is 0.163 e. The van der Waals surface area contributed by atoms with Crippen LogP contribution in [-0.2, 0) is 6.42 Å². The lowest BCUT2D eigenvalue weighted by molar-refractivity contribution is 0.344. The Bertz CT molecular complexity index is 326. The van der Waals surface area contributed by atoms with Gasteiger partial charge in [-0.3, -0.25) is 0 Å². The molecule has 0 saturated carbocycles. The molecule has 0 saturated heterocycles. The van der Waals surface area contributed by atoms with Crippen LogP contribution in [0.5, 0.6) is 11.5 Å². The van der Waals surface area contributed by atoms with Gasteiger partial charge in [-0.2, -0.15) is 0 Å². The molecular weight excluding hydrogens is 202 g/mol. The van der Waals surface area contributed by atoms with Crippen LogP contribution < -0.4 is 9.47 Å². The van der Waals surface area contributed by atoms with Crippen LogP contribution in [0.1, 0.15) is 5.56 Å². The summed E-state index contributed by atoms with van der Waals surface area (Å²) in [7, 11) is 5.38. The summed E-state index contributed by atoms with van der Waals surface area (Å²) in [5, 5.41) is 0. The zero-order chi connectivity index (χ0) is 12.0. The van der Waals surface area contributed by atoms with Gasteiger partial charge in [-0.05, 0) is 38.6 Å². The minimum atomic E-state index is 0.789. The van der Waals surface area contributed by atoms with Crippen LogP contribution in [0.2, 0.25) is 0 Å². The lowest BCUT2D eigenvalue weighted by Gasteiger charge is -2.16. The molecule has 0 aliphatic heterocycles. The first-order chi connectivity index (χ1) is 7.72. The Morgan fingerprint density at radius 2 is 2.00 bits per heavy atom. The predicted octanol–water partition coefficient (Wildman–Crippen LogP) is 2.01. The van der Waals surface area contributed by atoms with Crippen molar-refractivity contribution in [3.8, 4) is 11.5 Å². The molecule has 0 aromatic heterocycles. The fourth-order valence-corrected chi connectivity index (χ4v) is 1.57. The lowest BCUT2D eigenvalue weighted by Crippen LogP contribution is -2.20. The molecular formula is C13H20NO2. The van der Waals surface area contributed by atoms with Gasteiger partial charge in [0.15, 0.2) is 11.5 Å². The van der Waals surface area contributed by atoms with Crippen molar-refractivity contribution in [2.45, 2.75) is 6.42 Å². The van der Waals surface area contributed by atoms with Gasteiger partial charge in [0.05, 0.1) is 14.2 Å². The third-order valence-electron chi connectivity index (χ3n) is 2.63. The second-order valence-corrected chi connectivity index (χ2v) is 3.71. The summed E-state index contributed by atoms with van der Waals surface area (Å²) in [6.07, 6.45) is 0.937. The zero-order valence-electron chi connectivity index (χ0n) is 10.3. The standard InChI is InChI=1S/C13H20NO2/c1-5-14(2)10-9-11-7-6-8-12(15-3)13(11)16-4/h6-8H,1,5,9-10H2,2-4H3. The number of methoxy groups -OCH3 is 2. The maximum absolute atomic E-state index is 5.37. The van der Waals surface area contributed by atoms with E-state index in [4.69, 9.17) is 9.47 Å². The van der Waals surface area contributed by atoms with Gasteiger partial charge in [-0.25, -0.2) is 0 Å². The number of para-hydroxylation sites is 1. The van der Waals surface area contributed by atoms with E-state index < -0.39 is 0 Å². The number of benzene rings is 1. The van der Waals surface area contributed by atoms with Crippen molar-refractivity contribution in [1.29, 1.82) is 0 Å². The Labute approximate surface area is 98.0 Å². The van der Waals surface area contributed by atoms with Crippen LogP contribution in [0.15, 0.2) is 18.2 Å². The first-order valence-corrected chi connectivity index (χ1v) is 5.40. The van der Waals surface area contributed by atoms with Gasteiger partial charge in [-0.15, -0.1) is 0 Å². The van der Waals surface area contributed by atoms with Crippen LogP contribution in [0.4, 0.5) is 0 Å². The maximum atomic E-state index is 5.37. The molecule has 1 rings (SSSR count). The van der Waals surface area contributed by atoms with Gasteiger partial charge in [-0.1, -0.05) is 12.1 Å². The van der Waals surface area contributed by atoms with Gasteiger partial charge >= 0.3 is 0 Å². The molecule has 1 aromatic rings. The fourth-order valence-electron chi connectivity index (χ4n) is 1.57. The summed E-state index contributed by atoms with van der Waals surface area (Å²) >= 11 is 0. The minimum Gasteiger partial charge on any atom is -0.493 e. The molecule has 89 valence electrons. The molecule has 3 nitrogen and oxygen atoms in total. The van der Waals surface area contributed by atoms with E-state index in [1.54, 1.807) is 14.2 Å². The molecule has 0 amide bonds. The number of ether oxygens (including phenoxy) is 2. The summed E-state index contributed by atoms with van der Waals surface area (Å²) in [5.41, 5.74) is 1.17. The summed E-state index contributed by atoms with van der Waals surface area (Å²) in [6, 6.07) is 5.96. The minimum absolute atomic E-state index is 0.789. The number of hydrogen-bond acceptors (Lipinski definition) is 3. The number of nitrogens with zero attached hydrogens (tertiary/aromatic N) is 1. The molecule has 0 bridgehead atoms. The second kappa shape index (κ2) is 6.38. The Balaban J connectivity index is 2.78. The Morgan fingerprint density at radius 1 is 1.25 bits per heavy atom. The van der Waals surface area contributed by atoms with E-state index in [-0.39, 0.29) is 0 Å². The molecule has 0 fully saturated rings. The van der Waals surface area contributed by atoms with Crippen molar-refractivity contribution in [2.24, 2.45) is 0 Å². The van der Waals surface area contributed by atoms with E-state index in [0.717, 1.165) is 31.0 Å². The summed E-state index contributed by atoms with van der Waals surface area (Å²) < 4.78 is 10.6. The van der Waals surface area contributed by atoms with Crippen molar-refractivity contribution in [3.05, 3.63) is 30.7 Å². The molecule has 0 atom stereocenters. The van der Waals surface area contributed by atoms with Gasteiger partial charge in [0.25, 0.3) is 0 Å².